The van der Waals surface area contributed by atoms with Crippen molar-refractivity contribution >= 4 is 39.9 Å². The molecule has 24 heavy (non-hydrogen) atoms. The van der Waals surface area contributed by atoms with Crippen LogP contribution in [-0.2, 0) is 11.3 Å². The van der Waals surface area contributed by atoms with Crippen LogP contribution in [0.5, 0.6) is 11.5 Å². The minimum atomic E-state index is -0.787. The standard InChI is InChI=1S/C18H12Cl2O4/c19-14-6-3-7-15(20)13(14)9-24-18(23)12-8-16(21)10-4-1-2-5-11(10)17(12)22/h1-8,21-22H,9H2. The van der Waals surface area contributed by atoms with Crippen molar-refractivity contribution in [3.05, 3.63) is 69.7 Å². The van der Waals surface area contributed by atoms with Gasteiger partial charge in [-0.1, -0.05) is 53.5 Å². The van der Waals surface area contributed by atoms with E-state index in [4.69, 9.17) is 27.9 Å². The van der Waals surface area contributed by atoms with Crippen LogP contribution in [0.4, 0.5) is 0 Å². The molecule has 3 aromatic rings. The molecule has 0 atom stereocenters. The van der Waals surface area contributed by atoms with Crippen LogP contribution in [0, 0.1) is 0 Å². The fraction of sp³-hybridized carbons (Fsp3) is 0.0556. The first-order valence-electron chi connectivity index (χ1n) is 7.02. The number of phenolic OH excluding ortho intramolecular Hbond substituents is 2. The number of esters is 1. The Bertz CT molecular complexity index is 917. The Hall–Kier alpha value is -2.43. The minimum Gasteiger partial charge on any atom is -0.507 e. The third-order valence-corrected chi connectivity index (χ3v) is 4.33. The zero-order valence-electron chi connectivity index (χ0n) is 12.3. The first kappa shape index (κ1) is 16.4. The molecule has 0 radical (unpaired) electrons. The maximum atomic E-state index is 12.3. The average Bonchev–Trinajstić information content (AvgIpc) is 2.57. The van der Waals surface area contributed by atoms with Gasteiger partial charge in [-0.05, 0) is 18.2 Å². The Kier molecular flexibility index (Phi) is 4.51. The van der Waals surface area contributed by atoms with Gasteiger partial charge in [-0.2, -0.15) is 0 Å². The molecule has 2 N–H and O–H groups in total. The molecular formula is C18H12Cl2O4. The second kappa shape index (κ2) is 6.59. The van der Waals surface area contributed by atoms with Gasteiger partial charge in [0, 0.05) is 26.4 Å². The second-order valence-electron chi connectivity index (χ2n) is 5.11. The summed E-state index contributed by atoms with van der Waals surface area (Å²) in [6, 6.07) is 12.8. The van der Waals surface area contributed by atoms with Gasteiger partial charge >= 0.3 is 5.97 Å². The average molecular weight is 363 g/mol. The van der Waals surface area contributed by atoms with E-state index in [1.165, 1.54) is 6.07 Å². The lowest BCUT2D eigenvalue weighted by Gasteiger charge is -2.11. The summed E-state index contributed by atoms with van der Waals surface area (Å²) in [7, 11) is 0. The molecule has 122 valence electrons. The van der Waals surface area contributed by atoms with Crippen molar-refractivity contribution in [2.45, 2.75) is 6.61 Å². The summed E-state index contributed by atoms with van der Waals surface area (Å²) in [5.41, 5.74) is 0.341. The highest BCUT2D eigenvalue weighted by Crippen LogP contribution is 2.36. The number of hydrogen-bond acceptors (Lipinski definition) is 4. The second-order valence-corrected chi connectivity index (χ2v) is 5.93. The fourth-order valence-corrected chi connectivity index (χ4v) is 2.89. The van der Waals surface area contributed by atoms with E-state index in [1.54, 1.807) is 42.5 Å². The number of carbonyl (C=O) groups is 1. The Morgan fingerprint density at radius 1 is 0.958 bits per heavy atom. The predicted octanol–water partition coefficient (Wildman–Crippen LogP) is 4.91. The molecule has 6 heteroatoms. The third-order valence-electron chi connectivity index (χ3n) is 3.62. The normalized spacial score (nSPS) is 10.8. The monoisotopic (exact) mass is 362 g/mol. The van der Waals surface area contributed by atoms with E-state index in [0.29, 0.717) is 26.4 Å². The van der Waals surface area contributed by atoms with Crippen molar-refractivity contribution in [3.8, 4) is 11.5 Å². The highest BCUT2D eigenvalue weighted by molar-refractivity contribution is 6.36. The fourth-order valence-electron chi connectivity index (χ4n) is 2.38. The Morgan fingerprint density at radius 3 is 2.25 bits per heavy atom. The lowest BCUT2D eigenvalue weighted by molar-refractivity contribution is 0.0469. The molecule has 3 aromatic carbocycles. The molecule has 0 aliphatic carbocycles. The number of benzene rings is 3. The van der Waals surface area contributed by atoms with Gasteiger partial charge in [0.2, 0.25) is 0 Å². The smallest absolute Gasteiger partial charge is 0.342 e. The molecule has 0 amide bonds. The van der Waals surface area contributed by atoms with Crippen molar-refractivity contribution in [2.75, 3.05) is 0 Å². The van der Waals surface area contributed by atoms with Gasteiger partial charge in [-0.25, -0.2) is 4.79 Å². The molecule has 0 unspecified atom stereocenters. The number of ether oxygens (including phenoxy) is 1. The maximum Gasteiger partial charge on any atom is 0.342 e. The summed E-state index contributed by atoms with van der Waals surface area (Å²) >= 11 is 12.1. The maximum absolute atomic E-state index is 12.3. The molecule has 0 spiro atoms. The molecule has 0 fully saturated rings. The predicted molar refractivity (Wildman–Crippen MR) is 92.9 cm³/mol. The van der Waals surface area contributed by atoms with E-state index in [1.807, 2.05) is 0 Å². The topological polar surface area (TPSA) is 66.8 Å². The van der Waals surface area contributed by atoms with Crippen LogP contribution in [0.1, 0.15) is 15.9 Å². The molecule has 0 saturated carbocycles. The lowest BCUT2D eigenvalue weighted by Crippen LogP contribution is -2.06. The number of carbonyl (C=O) groups excluding carboxylic acids is 1. The van der Waals surface area contributed by atoms with Gasteiger partial charge in [0.05, 0.1) is 0 Å². The first-order valence-corrected chi connectivity index (χ1v) is 7.78. The molecular weight excluding hydrogens is 351 g/mol. The van der Waals surface area contributed by atoms with E-state index < -0.39 is 5.97 Å². The Morgan fingerprint density at radius 2 is 1.58 bits per heavy atom. The van der Waals surface area contributed by atoms with Gasteiger partial charge in [0.1, 0.15) is 23.7 Å². The van der Waals surface area contributed by atoms with Crippen molar-refractivity contribution in [1.29, 1.82) is 0 Å². The zero-order valence-corrected chi connectivity index (χ0v) is 13.8. The van der Waals surface area contributed by atoms with Crippen LogP contribution in [-0.4, -0.2) is 16.2 Å². The van der Waals surface area contributed by atoms with E-state index in [2.05, 4.69) is 0 Å². The van der Waals surface area contributed by atoms with E-state index in [-0.39, 0.29) is 23.7 Å². The number of hydrogen-bond donors (Lipinski definition) is 2. The van der Waals surface area contributed by atoms with Crippen LogP contribution in [0.15, 0.2) is 48.5 Å². The molecule has 0 heterocycles. The van der Waals surface area contributed by atoms with Crippen molar-refractivity contribution in [1.82, 2.24) is 0 Å². The summed E-state index contributed by atoms with van der Waals surface area (Å²) < 4.78 is 5.18. The van der Waals surface area contributed by atoms with Crippen molar-refractivity contribution in [2.24, 2.45) is 0 Å². The van der Waals surface area contributed by atoms with Crippen LogP contribution in [0.3, 0.4) is 0 Å². The highest BCUT2D eigenvalue weighted by Gasteiger charge is 2.19. The van der Waals surface area contributed by atoms with Gasteiger partial charge < -0.3 is 14.9 Å². The quantitative estimate of drug-likeness (QED) is 0.512. The van der Waals surface area contributed by atoms with Gasteiger partial charge in [0.25, 0.3) is 0 Å². The number of phenols is 2. The highest BCUT2D eigenvalue weighted by atomic mass is 35.5. The summed E-state index contributed by atoms with van der Waals surface area (Å²) in [5.74, 6) is -1.16. The van der Waals surface area contributed by atoms with Crippen LogP contribution < -0.4 is 0 Å². The van der Waals surface area contributed by atoms with Gasteiger partial charge in [0.15, 0.2) is 0 Å². The molecule has 3 rings (SSSR count). The molecule has 0 saturated heterocycles. The molecule has 0 aromatic heterocycles. The summed E-state index contributed by atoms with van der Waals surface area (Å²) in [5, 5.41) is 21.9. The molecule has 0 aliphatic heterocycles. The first-order chi connectivity index (χ1) is 11.5. The van der Waals surface area contributed by atoms with Crippen LogP contribution in [0.25, 0.3) is 10.8 Å². The van der Waals surface area contributed by atoms with Gasteiger partial charge in [-0.3, -0.25) is 0 Å². The van der Waals surface area contributed by atoms with E-state index in [0.717, 1.165) is 0 Å². The number of halogens is 2. The molecule has 4 nitrogen and oxygen atoms in total. The summed E-state index contributed by atoms with van der Waals surface area (Å²) in [6.45, 7) is -0.148. The largest absolute Gasteiger partial charge is 0.507 e. The van der Waals surface area contributed by atoms with E-state index >= 15 is 0 Å². The number of fused-ring (bicyclic) bond motifs is 1. The van der Waals surface area contributed by atoms with Crippen LogP contribution >= 0.6 is 23.2 Å². The van der Waals surface area contributed by atoms with Gasteiger partial charge in [-0.15, -0.1) is 0 Å². The Labute approximate surface area is 147 Å². The third kappa shape index (κ3) is 2.98. The molecule has 0 aliphatic rings. The van der Waals surface area contributed by atoms with Crippen molar-refractivity contribution in [3.63, 3.8) is 0 Å². The summed E-state index contributed by atoms with van der Waals surface area (Å²) in [4.78, 5) is 12.3. The minimum absolute atomic E-state index is 0.119. The van der Waals surface area contributed by atoms with Crippen LogP contribution in [0.2, 0.25) is 10.0 Å². The summed E-state index contributed by atoms with van der Waals surface area (Å²) in [6.07, 6.45) is 0. The Balaban J connectivity index is 1.91. The zero-order chi connectivity index (χ0) is 17.3. The number of aromatic hydroxyl groups is 2. The van der Waals surface area contributed by atoms with Crippen molar-refractivity contribution < 1.29 is 19.7 Å². The molecule has 0 bridgehead atoms. The van der Waals surface area contributed by atoms with E-state index in [9.17, 15) is 15.0 Å². The lowest BCUT2D eigenvalue weighted by atomic mass is 10.0. The number of rotatable bonds is 3. The SMILES string of the molecule is O=C(OCc1c(Cl)cccc1Cl)c1cc(O)c2ccccc2c1O.